The minimum Gasteiger partial charge on any atom is -0.486 e. The number of nitrogens with two attached hydrogens (primary N) is 1. The molecule has 0 unspecified atom stereocenters. The number of aromatic nitrogens is 2. The van der Waals surface area contributed by atoms with Crippen LogP contribution in [0.2, 0.25) is 0 Å². The van der Waals surface area contributed by atoms with Crippen molar-refractivity contribution in [1.29, 1.82) is 0 Å². The molecule has 0 fully saturated rings. The number of nitrogens with zero attached hydrogens (tertiary/aromatic N) is 1. The highest BCUT2D eigenvalue weighted by Gasteiger charge is 2.06. The Hall–Kier alpha value is -4.26. The van der Waals surface area contributed by atoms with Crippen molar-refractivity contribution in [3.8, 4) is 28.5 Å². The Morgan fingerprint density at radius 3 is 2.26 bits per heavy atom. The van der Waals surface area contributed by atoms with Crippen LogP contribution in [0.3, 0.4) is 0 Å². The van der Waals surface area contributed by atoms with E-state index in [1.165, 1.54) is 0 Å². The van der Waals surface area contributed by atoms with Gasteiger partial charge in [0.25, 0.3) is 0 Å². The van der Waals surface area contributed by atoms with Crippen LogP contribution in [0.15, 0.2) is 85.1 Å². The largest absolute Gasteiger partial charge is 0.486 e. The number of H-pyrrole nitrogens is 1. The van der Waals surface area contributed by atoms with Gasteiger partial charge in [-0.1, -0.05) is 18.2 Å². The van der Waals surface area contributed by atoms with Crippen LogP contribution < -0.4 is 20.5 Å². The predicted molar refractivity (Wildman–Crippen MR) is 119 cm³/mol. The van der Waals surface area contributed by atoms with Crippen molar-refractivity contribution in [2.45, 2.75) is 6.61 Å². The Morgan fingerprint density at radius 2 is 1.58 bits per heavy atom. The van der Waals surface area contributed by atoms with Crippen LogP contribution in [0, 0.1) is 0 Å². The van der Waals surface area contributed by atoms with Crippen LogP contribution in [0.1, 0.15) is 5.82 Å². The van der Waals surface area contributed by atoms with Crippen molar-refractivity contribution in [2.24, 2.45) is 5.73 Å². The second-order valence-corrected chi connectivity index (χ2v) is 6.82. The van der Waals surface area contributed by atoms with Crippen molar-refractivity contribution in [3.63, 3.8) is 0 Å². The van der Waals surface area contributed by atoms with Gasteiger partial charge >= 0.3 is 0 Å². The number of benzene rings is 3. The lowest BCUT2D eigenvalue weighted by atomic mass is 10.1. The molecule has 7 heteroatoms. The van der Waals surface area contributed by atoms with Crippen molar-refractivity contribution in [2.75, 3.05) is 11.9 Å². The van der Waals surface area contributed by atoms with E-state index in [4.69, 9.17) is 15.2 Å². The number of ether oxygens (including phenoxy) is 2. The summed E-state index contributed by atoms with van der Waals surface area (Å²) >= 11 is 0. The summed E-state index contributed by atoms with van der Waals surface area (Å²) in [5.74, 6) is 2.56. The molecule has 0 saturated heterocycles. The molecule has 0 spiro atoms. The first-order chi connectivity index (χ1) is 15.2. The van der Waals surface area contributed by atoms with Crippen molar-refractivity contribution in [1.82, 2.24) is 9.97 Å². The van der Waals surface area contributed by atoms with Gasteiger partial charge in [-0.05, 0) is 66.2 Å². The maximum atomic E-state index is 10.8. The third kappa shape index (κ3) is 5.63. The Morgan fingerprint density at radius 1 is 0.903 bits per heavy atom. The number of amides is 1. The number of nitrogens with one attached hydrogen (secondary N) is 2. The minimum atomic E-state index is -0.409. The molecular formula is C24H22N4O3. The molecule has 0 aliphatic rings. The number of para-hydroxylation sites is 1. The first kappa shape index (κ1) is 20.0. The fourth-order valence-corrected chi connectivity index (χ4v) is 2.92. The second kappa shape index (κ2) is 9.49. The third-order valence-corrected chi connectivity index (χ3v) is 4.47. The number of carbonyl (C=O) groups is 1. The van der Waals surface area contributed by atoms with Crippen molar-refractivity contribution < 1.29 is 14.3 Å². The highest BCUT2D eigenvalue weighted by Crippen LogP contribution is 2.26. The molecule has 0 radical (unpaired) electrons. The van der Waals surface area contributed by atoms with Crippen LogP contribution in [0.4, 0.5) is 5.69 Å². The minimum absolute atomic E-state index is 0.0926. The lowest BCUT2D eigenvalue weighted by Crippen LogP contribution is -2.21. The van der Waals surface area contributed by atoms with E-state index in [2.05, 4.69) is 15.3 Å². The summed E-state index contributed by atoms with van der Waals surface area (Å²) in [6.45, 7) is 0.463. The van der Waals surface area contributed by atoms with E-state index in [9.17, 15) is 4.79 Å². The number of hydrogen-bond acceptors (Lipinski definition) is 5. The smallest absolute Gasteiger partial charge is 0.236 e. The Kier molecular flexibility index (Phi) is 6.13. The highest BCUT2D eigenvalue weighted by molar-refractivity contribution is 5.78. The van der Waals surface area contributed by atoms with E-state index < -0.39 is 5.91 Å². The van der Waals surface area contributed by atoms with Crippen LogP contribution in [0.25, 0.3) is 11.3 Å². The SMILES string of the molecule is NC(=O)CNc1ccc(Oc2ccc(-c3cnc(COc4ccccc4)[nH]3)cc2)cc1. The molecule has 1 amide bonds. The summed E-state index contributed by atoms with van der Waals surface area (Å²) in [7, 11) is 0. The molecule has 1 aromatic heterocycles. The topological polar surface area (TPSA) is 102 Å². The zero-order valence-corrected chi connectivity index (χ0v) is 16.7. The van der Waals surface area contributed by atoms with E-state index in [0.717, 1.165) is 28.5 Å². The van der Waals surface area contributed by atoms with Gasteiger partial charge < -0.3 is 25.5 Å². The van der Waals surface area contributed by atoms with E-state index in [1.54, 1.807) is 6.20 Å². The summed E-state index contributed by atoms with van der Waals surface area (Å²) in [4.78, 5) is 18.5. The average Bonchev–Trinajstić information content (AvgIpc) is 3.27. The van der Waals surface area contributed by atoms with Crippen molar-refractivity contribution >= 4 is 11.6 Å². The maximum absolute atomic E-state index is 10.8. The molecule has 0 atom stereocenters. The van der Waals surface area contributed by atoms with E-state index in [0.29, 0.717) is 18.1 Å². The number of primary amides is 1. The lowest BCUT2D eigenvalue weighted by Gasteiger charge is -2.08. The Labute approximate surface area is 179 Å². The Balaban J connectivity index is 1.34. The van der Waals surface area contributed by atoms with E-state index >= 15 is 0 Å². The van der Waals surface area contributed by atoms with Gasteiger partial charge in [-0.15, -0.1) is 0 Å². The number of aromatic amines is 1. The first-order valence-corrected chi connectivity index (χ1v) is 9.78. The molecular weight excluding hydrogens is 392 g/mol. The van der Waals surface area contributed by atoms with Gasteiger partial charge in [-0.25, -0.2) is 4.98 Å². The normalized spacial score (nSPS) is 10.5. The fraction of sp³-hybridized carbons (Fsp3) is 0.0833. The molecule has 0 aliphatic carbocycles. The summed E-state index contributed by atoms with van der Waals surface area (Å²) < 4.78 is 11.6. The van der Waals surface area contributed by atoms with Gasteiger partial charge in [0, 0.05) is 5.69 Å². The van der Waals surface area contributed by atoms with Crippen molar-refractivity contribution in [3.05, 3.63) is 90.9 Å². The van der Waals surface area contributed by atoms with Crippen LogP contribution in [0.5, 0.6) is 17.2 Å². The monoisotopic (exact) mass is 414 g/mol. The van der Waals surface area contributed by atoms with Crippen LogP contribution in [-0.2, 0) is 11.4 Å². The van der Waals surface area contributed by atoms with Gasteiger partial charge in [-0.2, -0.15) is 0 Å². The summed E-state index contributed by atoms with van der Waals surface area (Å²) in [6, 6.07) is 24.7. The molecule has 7 nitrogen and oxygen atoms in total. The van der Waals surface area contributed by atoms with Gasteiger partial charge in [-0.3, -0.25) is 4.79 Å². The number of imidazole rings is 1. The molecule has 156 valence electrons. The first-order valence-electron chi connectivity index (χ1n) is 9.78. The molecule has 0 saturated carbocycles. The second-order valence-electron chi connectivity index (χ2n) is 6.82. The molecule has 3 aromatic carbocycles. The molecule has 0 aliphatic heterocycles. The van der Waals surface area contributed by atoms with Crippen LogP contribution in [-0.4, -0.2) is 22.4 Å². The summed E-state index contributed by atoms with van der Waals surface area (Å²) in [6.07, 6.45) is 1.79. The number of anilines is 1. The number of rotatable bonds is 9. The van der Waals surface area contributed by atoms with Gasteiger partial charge in [0.15, 0.2) is 0 Å². The predicted octanol–water partition coefficient (Wildman–Crippen LogP) is 4.35. The zero-order valence-electron chi connectivity index (χ0n) is 16.7. The standard InChI is InChI=1S/C24H22N4O3/c25-23(29)15-26-18-8-12-21(13-9-18)31-20-10-6-17(7-11-20)22-14-27-24(28-22)16-30-19-4-2-1-3-5-19/h1-14,26H,15-16H2,(H2,25,29)(H,27,28). The fourth-order valence-electron chi connectivity index (χ4n) is 2.92. The molecule has 4 N–H and O–H groups in total. The van der Waals surface area contributed by atoms with Crippen LogP contribution >= 0.6 is 0 Å². The van der Waals surface area contributed by atoms with E-state index in [1.807, 2.05) is 78.9 Å². The maximum Gasteiger partial charge on any atom is 0.236 e. The molecule has 4 rings (SSSR count). The third-order valence-electron chi connectivity index (χ3n) is 4.47. The number of hydrogen-bond donors (Lipinski definition) is 3. The van der Waals surface area contributed by atoms with E-state index in [-0.39, 0.29) is 6.54 Å². The molecule has 1 heterocycles. The molecule has 0 bridgehead atoms. The Bertz CT molecular complexity index is 1120. The van der Waals surface area contributed by atoms with Gasteiger partial charge in [0.05, 0.1) is 18.4 Å². The lowest BCUT2D eigenvalue weighted by molar-refractivity contribution is -0.116. The van der Waals surface area contributed by atoms with Gasteiger partial charge in [0.2, 0.25) is 5.91 Å². The quantitative estimate of drug-likeness (QED) is 0.378. The number of carbonyl (C=O) groups excluding carboxylic acids is 1. The van der Waals surface area contributed by atoms with Gasteiger partial charge in [0.1, 0.15) is 29.7 Å². The zero-order chi connectivity index (χ0) is 21.5. The molecule has 4 aromatic rings. The molecule has 31 heavy (non-hydrogen) atoms. The summed E-state index contributed by atoms with van der Waals surface area (Å²) in [5, 5.41) is 2.93. The average molecular weight is 414 g/mol. The summed E-state index contributed by atoms with van der Waals surface area (Å²) in [5.41, 5.74) is 7.83. The highest BCUT2D eigenvalue weighted by atomic mass is 16.5.